The predicted octanol–water partition coefficient (Wildman–Crippen LogP) is 2.26. The maximum Gasteiger partial charge on any atom is 0.358 e. The molecule has 0 aliphatic rings. The summed E-state index contributed by atoms with van der Waals surface area (Å²) in [6, 6.07) is 6.88. The third-order valence-corrected chi connectivity index (χ3v) is 2.54. The molecule has 0 fully saturated rings. The molecule has 2 rings (SSSR count). The summed E-state index contributed by atoms with van der Waals surface area (Å²) in [4.78, 5) is 15.5. The first-order chi connectivity index (χ1) is 7.63. The quantitative estimate of drug-likeness (QED) is 0.772. The Kier molecular flexibility index (Phi) is 2.66. The van der Waals surface area contributed by atoms with Crippen LogP contribution in [0.5, 0.6) is 0 Å². The van der Waals surface area contributed by atoms with Crippen molar-refractivity contribution in [2.24, 2.45) is 0 Å². The van der Waals surface area contributed by atoms with E-state index in [0.717, 1.165) is 0 Å². The SMILES string of the molecule is COC(=O)c1nc2cccc(Cl)c2cc1N. The Bertz CT molecular complexity index is 569. The van der Waals surface area contributed by atoms with E-state index in [1.165, 1.54) is 7.11 Å². The lowest BCUT2D eigenvalue weighted by Gasteiger charge is -2.06. The Labute approximate surface area is 97.0 Å². The molecule has 0 bridgehead atoms. The molecule has 0 radical (unpaired) electrons. The monoisotopic (exact) mass is 236 g/mol. The number of pyridine rings is 1. The number of nitrogens with two attached hydrogens (primary N) is 1. The number of benzene rings is 1. The van der Waals surface area contributed by atoms with Crippen LogP contribution in [0.2, 0.25) is 5.02 Å². The van der Waals surface area contributed by atoms with E-state index in [1.54, 1.807) is 24.3 Å². The van der Waals surface area contributed by atoms with Gasteiger partial charge in [0, 0.05) is 5.39 Å². The number of anilines is 1. The molecule has 82 valence electrons. The Balaban J connectivity index is 2.72. The Morgan fingerprint density at radius 1 is 1.50 bits per heavy atom. The number of esters is 1. The lowest BCUT2D eigenvalue weighted by Crippen LogP contribution is -2.08. The summed E-state index contributed by atoms with van der Waals surface area (Å²) in [5.41, 5.74) is 6.69. The number of carbonyl (C=O) groups is 1. The predicted molar refractivity (Wildman–Crippen MR) is 62.5 cm³/mol. The number of aromatic nitrogens is 1. The van der Waals surface area contributed by atoms with Crippen LogP contribution in [0.4, 0.5) is 5.69 Å². The molecule has 0 aliphatic heterocycles. The maximum atomic E-state index is 11.4. The molecule has 4 nitrogen and oxygen atoms in total. The number of fused-ring (bicyclic) bond motifs is 1. The maximum absolute atomic E-state index is 11.4. The number of methoxy groups -OCH3 is 1. The van der Waals surface area contributed by atoms with E-state index < -0.39 is 5.97 Å². The van der Waals surface area contributed by atoms with Gasteiger partial charge in [0.25, 0.3) is 0 Å². The first kappa shape index (κ1) is 10.7. The van der Waals surface area contributed by atoms with Crippen molar-refractivity contribution in [2.45, 2.75) is 0 Å². The first-order valence-corrected chi connectivity index (χ1v) is 4.94. The van der Waals surface area contributed by atoms with Crippen LogP contribution in [0.25, 0.3) is 10.9 Å². The minimum absolute atomic E-state index is 0.109. The van der Waals surface area contributed by atoms with E-state index in [0.29, 0.717) is 15.9 Å². The summed E-state index contributed by atoms with van der Waals surface area (Å²) in [6.45, 7) is 0. The number of rotatable bonds is 1. The van der Waals surface area contributed by atoms with Crippen molar-refractivity contribution < 1.29 is 9.53 Å². The molecule has 2 N–H and O–H groups in total. The van der Waals surface area contributed by atoms with E-state index in [4.69, 9.17) is 17.3 Å². The lowest BCUT2D eigenvalue weighted by molar-refractivity contribution is 0.0596. The number of nitrogen functional groups attached to an aromatic ring is 1. The van der Waals surface area contributed by atoms with Crippen LogP contribution in [0, 0.1) is 0 Å². The highest BCUT2D eigenvalue weighted by Gasteiger charge is 2.13. The molecule has 0 saturated carbocycles. The van der Waals surface area contributed by atoms with E-state index in [2.05, 4.69) is 9.72 Å². The van der Waals surface area contributed by atoms with Crippen molar-refractivity contribution in [3.05, 3.63) is 35.0 Å². The zero-order valence-electron chi connectivity index (χ0n) is 8.53. The van der Waals surface area contributed by atoms with Crippen LogP contribution in [0.3, 0.4) is 0 Å². The fraction of sp³-hybridized carbons (Fsp3) is 0.0909. The third kappa shape index (κ3) is 1.67. The second-order valence-electron chi connectivity index (χ2n) is 3.22. The summed E-state index contributed by atoms with van der Waals surface area (Å²) in [7, 11) is 1.28. The van der Waals surface area contributed by atoms with Gasteiger partial charge in [0.15, 0.2) is 5.69 Å². The molecule has 0 unspecified atom stereocenters. The normalized spacial score (nSPS) is 10.4. The molecule has 1 heterocycles. The molecule has 0 aliphatic carbocycles. The van der Waals surface area contributed by atoms with Gasteiger partial charge in [-0.15, -0.1) is 0 Å². The van der Waals surface area contributed by atoms with Gasteiger partial charge < -0.3 is 10.5 Å². The fourth-order valence-electron chi connectivity index (χ4n) is 1.44. The number of hydrogen-bond acceptors (Lipinski definition) is 4. The Morgan fingerprint density at radius 2 is 2.25 bits per heavy atom. The molecule has 0 amide bonds. The molecule has 1 aromatic heterocycles. The summed E-state index contributed by atoms with van der Waals surface area (Å²) < 4.78 is 4.58. The fourth-order valence-corrected chi connectivity index (χ4v) is 1.66. The highest BCUT2D eigenvalue weighted by atomic mass is 35.5. The molecular formula is C11H9ClN2O2. The van der Waals surface area contributed by atoms with Crippen molar-refractivity contribution in [1.82, 2.24) is 4.98 Å². The van der Waals surface area contributed by atoms with Gasteiger partial charge in [-0.25, -0.2) is 9.78 Å². The molecule has 2 aromatic rings. The average Bonchev–Trinajstić information content (AvgIpc) is 2.29. The van der Waals surface area contributed by atoms with E-state index in [9.17, 15) is 4.79 Å². The highest BCUT2D eigenvalue weighted by molar-refractivity contribution is 6.35. The lowest BCUT2D eigenvalue weighted by atomic mass is 10.2. The van der Waals surface area contributed by atoms with Crippen molar-refractivity contribution in [3.8, 4) is 0 Å². The first-order valence-electron chi connectivity index (χ1n) is 4.56. The summed E-state index contributed by atoms with van der Waals surface area (Å²) in [5.74, 6) is -0.556. The van der Waals surface area contributed by atoms with Gasteiger partial charge in [0.1, 0.15) is 0 Å². The summed E-state index contributed by atoms with van der Waals surface area (Å²) in [6.07, 6.45) is 0. The van der Waals surface area contributed by atoms with E-state index in [-0.39, 0.29) is 11.4 Å². The Hall–Kier alpha value is -1.81. The molecule has 5 heteroatoms. The van der Waals surface area contributed by atoms with E-state index in [1.807, 2.05) is 0 Å². The van der Waals surface area contributed by atoms with Gasteiger partial charge in [-0.3, -0.25) is 0 Å². The van der Waals surface area contributed by atoms with Crippen LogP contribution in [0.1, 0.15) is 10.5 Å². The van der Waals surface area contributed by atoms with E-state index >= 15 is 0 Å². The molecule has 16 heavy (non-hydrogen) atoms. The molecular weight excluding hydrogens is 228 g/mol. The summed E-state index contributed by atoms with van der Waals surface area (Å²) in [5, 5.41) is 1.27. The summed E-state index contributed by atoms with van der Waals surface area (Å²) >= 11 is 5.98. The second-order valence-corrected chi connectivity index (χ2v) is 3.63. The Morgan fingerprint density at radius 3 is 2.94 bits per heavy atom. The number of carbonyl (C=O) groups excluding carboxylic acids is 1. The highest BCUT2D eigenvalue weighted by Crippen LogP contribution is 2.25. The average molecular weight is 237 g/mol. The van der Waals surface area contributed by atoms with Crippen LogP contribution in [-0.4, -0.2) is 18.1 Å². The minimum Gasteiger partial charge on any atom is -0.464 e. The topological polar surface area (TPSA) is 65.2 Å². The van der Waals surface area contributed by atoms with Gasteiger partial charge in [-0.2, -0.15) is 0 Å². The minimum atomic E-state index is -0.556. The molecule has 1 aromatic carbocycles. The van der Waals surface area contributed by atoms with Crippen LogP contribution in [-0.2, 0) is 4.74 Å². The van der Waals surface area contributed by atoms with Crippen LogP contribution < -0.4 is 5.73 Å². The number of halogens is 1. The smallest absolute Gasteiger partial charge is 0.358 e. The van der Waals surface area contributed by atoms with Crippen LogP contribution in [0.15, 0.2) is 24.3 Å². The largest absolute Gasteiger partial charge is 0.464 e. The van der Waals surface area contributed by atoms with Crippen molar-refractivity contribution in [1.29, 1.82) is 0 Å². The van der Waals surface area contributed by atoms with Crippen molar-refractivity contribution in [2.75, 3.05) is 12.8 Å². The zero-order chi connectivity index (χ0) is 11.7. The molecule has 0 spiro atoms. The second kappa shape index (κ2) is 3.98. The van der Waals surface area contributed by atoms with Crippen molar-refractivity contribution >= 4 is 34.2 Å². The van der Waals surface area contributed by atoms with Gasteiger partial charge in [-0.05, 0) is 18.2 Å². The number of ether oxygens (including phenoxy) is 1. The van der Waals surface area contributed by atoms with Crippen LogP contribution >= 0.6 is 11.6 Å². The third-order valence-electron chi connectivity index (χ3n) is 2.21. The molecule has 0 atom stereocenters. The van der Waals surface area contributed by atoms with Gasteiger partial charge in [-0.1, -0.05) is 17.7 Å². The van der Waals surface area contributed by atoms with Gasteiger partial charge in [0.05, 0.1) is 23.3 Å². The number of nitrogens with zero attached hydrogens (tertiary/aromatic N) is 1. The number of hydrogen-bond donors (Lipinski definition) is 1. The molecule has 0 saturated heterocycles. The van der Waals surface area contributed by atoms with Crippen molar-refractivity contribution in [3.63, 3.8) is 0 Å². The van der Waals surface area contributed by atoms with Gasteiger partial charge >= 0.3 is 5.97 Å². The zero-order valence-corrected chi connectivity index (χ0v) is 9.28. The standard InChI is InChI=1S/C11H9ClN2O2/c1-16-11(15)10-8(13)5-6-7(12)3-2-4-9(6)14-10/h2-5H,13H2,1H3. The van der Waals surface area contributed by atoms with Gasteiger partial charge in [0.2, 0.25) is 0 Å².